The van der Waals surface area contributed by atoms with Crippen molar-refractivity contribution in [3.8, 4) is 0 Å². The van der Waals surface area contributed by atoms with E-state index in [0.717, 1.165) is 5.92 Å². The predicted octanol–water partition coefficient (Wildman–Crippen LogP) is 1.40. The van der Waals surface area contributed by atoms with Crippen molar-refractivity contribution < 1.29 is 0 Å². The number of hydrogen-bond acceptors (Lipinski definition) is 0. The summed E-state index contributed by atoms with van der Waals surface area (Å²) in [6, 6.07) is 0. The van der Waals surface area contributed by atoms with Crippen molar-refractivity contribution in [3.63, 3.8) is 0 Å². The maximum absolute atomic E-state index is 2.28. The van der Waals surface area contributed by atoms with Gasteiger partial charge in [0.25, 0.3) is 0 Å². The molecule has 0 spiro atoms. The van der Waals surface area contributed by atoms with E-state index >= 15 is 0 Å². The van der Waals surface area contributed by atoms with Crippen LogP contribution in [0.25, 0.3) is 0 Å². The third-order valence-electron chi connectivity index (χ3n) is 1.92. The average molecular weight is 176 g/mol. The first-order valence-corrected chi connectivity index (χ1v) is 3.43. The number of rotatable bonds is 2. The molecule has 0 nitrogen and oxygen atoms in total. The second-order valence-corrected chi connectivity index (χ2v) is 2.59. The van der Waals surface area contributed by atoms with Crippen molar-refractivity contribution in [2.45, 2.75) is 39.0 Å². The summed E-state index contributed by atoms with van der Waals surface area (Å²) in [5.41, 5.74) is 0. The molecular formula is C7H17As. The summed E-state index contributed by atoms with van der Waals surface area (Å²) in [6.45, 7) is 2.28. The van der Waals surface area contributed by atoms with Gasteiger partial charge in [0.15, 0.2) is 0 Å². The summed E-state index contributed by atoms with van der Waals surface area (Å²) in [5, 5.41) is 0. The van der Waals surface area contributed by atoms with Crippen LogP contribution in [0.15, 0.2) is 0 Å². The fourth-order valence-electron chi connectivity index (χ4n) is 1.19. The summed E-state index contributed by atoms with van der Waals surface area (Å²) in [7, 11) is 0. The summed E-state index contributed by atoms with van der Waals surface area (Å²) < 4.78 is 0. The molecule has 1 heteroatoms. The van der Waals surface area contributed by atoms with Crippen molar-refractivity contribution in [3.05, 3.63) is 0 Å². The molecule has 50 valence electrons. The van der Waals surface area contributed by atoms with E-state index in [9.17, 15) is 0 Å². The summed E-state index contributed by atoms with van der Waals surface area (Å²) in [6.07, 6.45) is 7.43. The van der Waals surface area contributed by atoms with Crippen molar-refractivity contribution in [2.24, 2.45) is 5.92 Å². The van der Waals surface area contributed by atoms with Crippen LogP contribution in [-0.2, 0) is 0 Å². The maximum atomic E-state index is 2.28. The minimum atomic E-state index is 0. The van der Waals surface area contributed by atoms with Crippen molar-refractivity contribution in [2.75, 3.05) is 0 Å². The van der Waals surface area contributed by atoms with Crippen molar-refractivity contribution >= 4 is 18.0 Å². The second kappa shape index (κ2) is 4.44. The van der Waals surface area contributed by atoms with E-state index in [0.29, 0.717) is 0 Å². The van der Waals surface area contributed by atoms with E-state index in [4.69, 9.17) is 0 Å². The standard InChI is InChI=1S/C7H14.AsH3/c1-2-4-7-5-3-6-7;/h7H,2-6H2,1H3;1H3. The molecule has 0 aliphatic heterocycles. The Bertz CT molecular complexity index is 48.3. The molecule has 1 fully saturated rings. The van der Waals surface area contributed by atoms with Crippen LogP contribution in [-0.4, -0.2) is 18.0 Å². The third kappa shape index (κ3) is 2.22. The summed E-state index contributed by atoms with van der Waals surface area (Å²) >= 11 is 0. The van der Waals surface area contributed by atoms with E-state index in [-0.39, 0.29) is 18.0 Å². The van der Waals surface area contributed by atoms with E-state index in [1.165, 1.54) is 32.1 Å². The molecule has 1 saturated carbocycles. The van der Waals surface area contributed by atoms with Crippen LogP contribution in [0, 0.1) is 5.92 Å². The van der Waals surface area contributed by atoms with E-state index in [1.54, 1.807) is 0 Å². The normalized spacial score (nSPS) is 19.1. The van der Waals surface area contributed by atoms with Crippen LogP contribution in [0.1, 0.15) is 39.0 Å². The fourth-order valence-corrected chi connectivity index (χ4v) is 1.19. The van der Waals surface area contributed by atoms with Crippen LogP contribution < -0.4 is 0 Å². The third-order valence-corrected chi connectivity index (χ3v) is 1.92. The van der Waals surface area contributed by atoms with E-state index < -0.39 is 0 Å². The first kappa shape index (κ1) is 8.56. The Morgan fingerprint density at radius 3 is 2.12 bits per heavy atom. The second-order valence-electron chi connectivity index (χ2n) is 2.59. The Morgan fingerprint density at radius 1 is 1.38 bits per heavy atom. The van der Waals surface area contributed by atoms with Gasteiger partial charge in [-0.05, 0) is 5.92 Å². The molecule has 0 aromatic rings. The molecular weight excluding hydrogens is 159 g/mol. The molecule has 8 heavy (non-hydrogen) atoms. The van der Waals surface area contributed by atoms with Gasteiger partial charge in [0, 0.05) is 0 Å². The SMILES string of the molecule is CCCC1CCC1.[AsH3]. The van der Waals surface area contributed by atoms with Crippen LogP contribution in [0.4, 0.5) is 0 Å². The first-order valence-electron chi connectivity index (χ1n) is 3.43. The summed E-state index contributed by atoms with van der Waals surface area (Å²) in [5.74, 6) is 1.13. The monoisotopic (exact) mass is 176 g/mol. The topological polar surface area (TPSA) is 0 Å². The Balaban J connectivity index is 0.000000490. The quantitative estimate of drug-likeness (QED) is 0.558. The van der Waals surface area contributed by atoms with Gasteiger partial charge in [0.2, 0.25) is 0 Å². The molecule has 1 aliphatic rings. The molecule has 0 amide bonds. The zero-order valence-electron chi connectivity index (χ0n) is 5.82. The van der Waals surface area contributed by atoms with Crippen LogP contribution in [0.5, 0.6) is 0 Å². The minimum absolute atomic E-state index is 0. The molecule has 0 N–H and O–H groups in total. The average Bonchev–Trinajstić information content (AvgIpc) is 1.55. The van der Waals surface area contributed by atoms with Crippen molar-refractivity contribution in [1.29, 1.82) is 0 Å². The Labute approximate surface area is 63.4 Å². The predicted molar refractivity (Wildman–Crippen MR) is 42.2 cm³/mol. The summed E-state index contributed by atoms with van der Waals surface area (Å²) in [4.78, 5) is 0. The van der Waals surface area contributed by atoms with Gasteiger partial charge in [-0.25, -0.2) is 0 Å². The van der Waals surface area contributed by atoms with Gasteiger partial charge in [0.05, 0.1) is 0 Å². The molecule has 1 rings (SSSR count). The van der Waals surface area contributed by atoms with Crippen LogP contribution in [0.2, 0.25) is 0 Å². The molecule has 1 unspecified atom stereocenters. The van der Waals surface area contributed by atoms with Gasteiger partial charge in [-0.3, -0.25) is 0 Å². The van der Waals surface area contributed by atoms with Crippen LogP contribution in [0.3, 0.4) is 0 Å². The molecule has 1 aliphatic carbocycles. The molecule has 0 aromatic carbocycles. The molecule has 0 heterocycles. The molecule has 0 bridgehead atoms. The molecule has 0 radical (unpaired) electrons. The molecule has 0 saturated heterocycles. The van der Waals surface area contributed by atoms with E-state index in [1.807, 2.05) is 0 Å². The number of hydrogen-bond donors (Lipinski definition) is 0. The zero-order valence-corrected chi connectivity index (χ0v) is 8.79. The van der Waals surface area contributed by atoms with Gasteiger partial charge < -0.3 is 0 Å². The van der Waals surface area contributed by atoms with Gasteiger partial charge in [-0.1, -0.05) is 39.0 Å². The van der Waals surface area contributed by atoms with Crippen LogP contribution >= 0.6 is 0 Å². The Morgan fingerprint density at radius 2 is 2.00 bits per heavy atom. The fraction of sp³-hybridized carbons (Fsp3) is 1.00. The Kier molecular flexibility index (Phi) is 4.75. The van der Waals surface area contributed by atoms with Crippen molar-refractivity contribution in [1.82, 2.24) is 0 Å². The van der Waals surface area contributed by atoms with Gasteiger partial charge >= 0.3 is 18.0 Å². The molecule has 1 atom stereocenters. The van der Waals surface area contributed by atoms with Gasteiger partial charge in [0.1, 0.15) is 0 Å². The molecule has 0 aromatic heterocycles. The van der Waals surface area contributed by atoms with Gasteiger partial charge in [-0.2, -0.15) is 0 Å². The zero-order chi connectivity index (χ0) is 5.11. The first-order chi connectivity index (χ1) is 3.43. The Hall–Kier alpha value is 0.558. The van der Waals surface area contributed by atoms with Gasteiger partial charge in [-0.15, -0.1) is 0 Å². The van der Waals surface area contributed by atoms with E-state index in [2.05, 4.69) is 6.92 Å².